The van der Waals surface area contributed by atoms with Gasteiger partial charge in [-0.1, -0.05) is 36.4 Å². The number of likely N-dealkylation sites (N-methyl/N-ethyl adjacent to an activating group) is 1. The van der Waals surface area contributed by atoms with Gasteiger partial charge in [-0.3, -0.25) is 19.3 Å². The van der Waals surface area contributed by atoms with Crippen LogP contribution in [0.25, 0.3) is 11.1 Å². The molecule has 0 radical (unpaired) electrons. The van der Waals surface area contributed by atoms with Crippen LogP contribution >= 0.6 is 0 Å². The molecule has 0 bridgehead atoms. The molecule has 9 nitrogen and oxygen atoms in total. The summed E-state index contributed by atoms with van der Waals surface area (Å²) in [5, 5.41) is 2.77. The molecule has 38 heavy (non-hydrogen) atoms. The number of rotatable bonds is 6. The predicted molar refractivity (Wildman–Crippen MR) is 144 cm³/mol. The topological polar surface area (TPSA) is 122 Å². The molecule has 1 saturated heterocycles. The van der Waals surface area contributed by atoms with E-state index >= 15 is 0 Å². The lowest BCUT2D eigenvalue weighted by Crippen LogP contribution is -2.56. The van der Waals surface area contributed by atoms with Crippen LogP contribution in [-0.4, -0.2) is 60.0 Å². The van der Waals surface area contributed by atoms with Gasteiger partial charge in [0.15, 0.2) is 0 Å². The highest BCUT2D eigenvalue weighted by atomic mass is 16.6. The maximum absolute atomic E-state index is 13.2. The Morgan fingerprint density at radius 2 is 1.76 bits per heavy atom. The molecule has 202 valence electrons. The van der Waals surface area contributed by atoms with Crippen molar-refractivity contribution < 1.29 is 23.9 Å². The van der Waals surface area contributed by atoms with E-state index in [1.807, 2.05) is 42.5 Å². The number of ether oxygens (including phenoxy) is 1. The Balaban J connectivity index is 1.43. The molecule has 2 unspecified atom stereocenters. The third kappa shape index (κ3) is 6.15. The number of hydrogen-bond acceptors (Lipinski definition) is 5. The van der Waals surface area contributed by atoms with Crippen molar-refractivity contribution in [3.05, 3.63) is 53.6 Å². The fourth-order valence-electron chi connectivity index (χ4n) is 4.92. The van der Waals surface area contributed by atoms with Crippen LogP contribution < -0.4 is 16.0 Å². The van der Waals surface area contributed by atoms with Crippen LogP contribution in [0.3, 0.4) is 0 Å². The zero-order valence-electron chi connectivity index (χ0n) is 22.5. The van der Waals surface area contributed by atoms with Gasteiger partial charge in [-0.05, 0) is 68.4 Å². The second kappa shape index (κ2) is 10.8. The molecule has 0 spiro atoms. The summed E-state index contributed by atoms with van der Waals surface area (Å²) in [6, 6.07) is 12.0. The normalized spacial score (nSPS) is 18.1. The standard InChI is InChI=1S/C29H36N4O5/c1-29(2,3)38-28(37)33-14-6-5-7-23(33)27(36)31-22(26(30)35)15-18-8-10-19(11-9-18)20-12-13-21-17-25(34)32(4)24(21)16-20/h8-13,16,22-23H,5-7,14-15,17H2,1-4H3,(H2,30,35)(H,31,36). The van der Waals surface area contributed by atoms with Gasteiger partial charge >= 0.3 is 6.09 Å². The lowest BCUT2D eigenvalue weighted by atomic mass is 9.98. The van der Waals surface area contributed by atoms with Crippen molar-refractivity contribution in [1.82, 2.24) is 10.2 Å². The van der Waals surface area contributed by atoms with Crippen molar-refractivity contribution >= 4 is 29.5 Å². The van der Waals surface area contributed by atoms with E-state index in [0.29, 0.717) is 19.4 Å². The number of nitrogens with one attached hydrogen (secondary N) is 1. The summed E-state index contributed by atoms with van der Waals surface area (Å²) < 4.78 is 5.49. The highest BCUT2D eigenvalue weighted by molar-refractivity contribution is 6.01. The van der Waals surface area contributed by atoms with Crippen LogP contribution in [0.1, 0.15) is 51.2 Å². The molecule has 2 aromatic carbocycles. The molecule has 2 aromatic rings. The molecule has 0 aromatic heterocycles. The van der Waals surface area contributed by atoms with Gasteiger partial charge in [0, 0.05) is 25.7 Å². The number of benzene rings is 2. The smallest absolute Gasteiger partial charge is 0.410 e. The van der Waals surface area contributed by atoms with Gasteiger partial charge in [-0.15, -0.1) is 0 Å². The van der Waals surface area contributed by atoms with E-state index in [2.05, 4.69) is 5.32 Å². The van der Waals surface area contributed by atoms with Gasteiger partial charge in [0.2, 0.25) is 17.7 Å². The van der Waals surface area contributed by atoms with E-state index < -0.39 is 35.6 Å². The SMILES string of the molecule is CN1C(=O)Cc2ccc(-c3ccc(CC(NC(=O)C4CCCCN4C(=O)OC(C)(C)C)C(N)=O)cc3)cc21. The fourth-order valence-corrected chi connectivity index (χ4v) is 4.92. The van der Waals surface area contributed by atoms with Crippen molar-refractivity contribution in [1.29, 1.82) is 0 Å². The molecule has 9 heteroatoms. The zero-order valence-corrected chi connectivity index (χ0v) is 22.5. The van der Waals surface area contributed by atoms with Crippen LogP contribution in [0, 0.1) is 0 Å². The second-order valence-electron chi connectivity index (χ2n) is 11.0. The minimum absolute atomic E-state index is 0.0782. The zero-order chi connectivity index (χ0) is 27.6. The summed E-state index contributed by atoms with van der Waals surface area (Å²) in [7, 11) is 1.78. The van der Waals surface area contributed by atoms with E-state index in [-0.39, 0.29) is 12.3 Å². The maximum Gasteiger partial charge on any atom is 0.410 e. The number of piperidine rings is 1. The number of carbonyl (C=O) groups is 4. The molecule has 2 aliphatic rings. The second-order valence-corrected chi connectivity index (χ2v) is 11.0. The summed E-state index contributed by atoms with van der Waals surface area (Å²) in [6.45, 7) is 5.76. The number of carbonyl (C=O) groups excluding carboxylic acids is 4. The van der Waals surface area contributed by atoms with Gasteiger partial charge in [-0.2, -0.15) is 0 Å². The Labute approximate surface area is 223 Å². The summed E-state index contributed by atoms with van der Waals surface area (Å²) in [4.78, 5) is 53.2. The van der Waals surface area contributed by atoms with Gasteiger partial charge in [0.25, 0.3) is 0 Å². The van der Waals surface area contributed by atoms with Gasteiger partial charge in [0.1, 0.15) is 17.7 Å². The van der Waals surface area contributed by atoms with Gasteiger partial charge < -0.3 is 20.7 Å². The number of amides is 4. The Bertz CT molecular complexity index is 1230. The molecule has 1 fully saturated rings. The van der Waals surface area contributed by atoms with Crippen molar-refractivity contribution in [3.63, 3.8) is 0 Å². The first-order valence-corrected chi connectivity index (χ1v) is 13.0. The molecule has 2 aliphatic heterocycles. The largest absolute Gasteiger partial charge is 0.444 e. The van der Waals surface area contributed by atoms with Gasteiger partial charge in [0.05, 0.1) is 6.42 Å². The third-order valence-electron chi connectivity index (χ3n) is 6.98. The average Bonchev–Trinajstić information content (AvgIpc) is 3.15. The van der Waals surface area contributed by atoms with Crippen LogP contribution in [0.5, 0.6) is 0 Å². The van der Waals surface area contributed by atoms with E-state index in [1.165, 1.54) is 4.90 Å². The molecule has 4 amide bonds. The molecular weight excluding hydrogens is 484 g/mol. The molecule has 2 atom stereocenters. The Morgan fingerprint density at radius 1 is 1.08 bits per heavy atom. The van der Waals surface area contributed by atoms with Crippen LogP contribution in [0.4, 0.5) is 10.5 Å². The number of anilines is 1. The Kier molecular flexibility index (Phi) is 7.76. The fraction of sp³-hybridized carbons (Fsp3) is 0.448. The Hall–Kier alpha value is -3.88. The summed E-state index contributed by atoms with van der Waals surface area (Å²) >= 11 is 0. The van der Waals surface area contributed by atoms with Crippen molar-refractivity contribution in [2.45, 2.75) is 70.6 Å². The lowest BCUT2D eigenvalue weighted by molar-refractivity contribution is -0.131. The highest BCUT2D eigenvalue weighted by Crippen LogP contribution is 2.32. The first-order valence-electron chi connectivity index (χ1n) is 13.0. The number of likely N-dealkylation sites (tertiary alicyclic amines) is 1. The minimum Gasteiger partial charge on any atom is -0.444 e. The van der Waals surface area contributed by atoms with Crippen LogP contribution in [-0.2, 0) is 32.0 Å². The molecule has 0 aliphatic carbocycles. The molecule has 0 saturated carbocycles. The monoisotopic (exact) mass is 520 g/mol. The third-order valence-corrected chi connectivity index (χ3v) is 6.98. The average molecular weight is 521 g/mol. The number of primary amides is 1. The number of hydrogen-bond donors (Lipinski definition) is 2. The van der Waals surface area contributed by atoms with E-state index in [1.54, 1.807) is 32.7 Å². The lowest BCUT2D eigenvalue weighted by Gasteiger charge is -2.36. The Morgan fingerprint density at radius 3 is 2.42 bits per heavy atom. The molecular formula is C29H36N4O5. The van der Waals surface area contributed by atoms with Crippen molar-refractivity contribution in [2.75, 3.05) is 18.5 Å². The summed E-state index contributed by atoms with van der Waals surface area (Å²) in [5.74, 6) is -0.976. The highest BCUT2D eigenvalue weighted by Gasteiger charge is 2.36. The molecule has 3 N–H and O–H groups in total. The van der Waals surface area contributed by atoms with E-state index in [9.17, 15) is 19.2 Å². The molecule has 4 rings (SSSR count). The van der Waals surface area contributed by atoms with Gasteiger partial charge in [-0.25, -0.2) is 4.79 Å². The number of nitrogens with two attached hydrogens (primary N) is 1. The first-order chi connectivity index (χ1) is 17.9. The molecule has 2 heterocycles. The van der Waals surface area contributed by atoms with Crippen LogP contribution in [0.2, 0.25) is 0 Å². The quantitative estimate of drug-likeness (QED) is 0.606. The number of fused-ring (bicyclic) bond motifs is 1. The van der Waals surface area contributed by atoms with E-state index in [4.69, 9.17) is 10.5 Å². The maximum atomic E-state index is 13.2. The summed E-state index contributed by atoms with van der Waals surface area (Å²) in [5.41, 5.74) is 9.68. The first kappa shape index (κ1) is 27.2. The minimum atomic E-state index is -0.921. The van der Waals surface area contributed by atoms with Crippen LogP contribution in [0.15, 0.2) is 42.5 Å². The van der Waals surface area contributed by atoms with Crippen molar-refractivity contribution in [3.8, 4) is 11.1 Å². The summed E-state index contributed by atoms with van der Waals surface area (Å²) in [6.07, 6.45) is 2.18. The van der Waals surface area contributed by atoms with Crippen molar-refractivity contribution in [2.24, 2.45) is 5.73 Å². The predicted octanol–water partition coefficient (Wildman–Crippen LogP) is 3.17. The number of nitrogens with zero attached hydrogens (tertiary/aromatic N) is 2. The van der Waals surface area contributed by atoms with E-state index in [0.717, 1.165) is 40.8 Å².